The van der Waals surface area contributed by atoms with E-state index in [9.17, 15) is 17.6 Å². The van der Waals surface area contributed by atoms with E-state index in [1.807, 2.05) is 0 Å². The zero-order valence-electron chi connectivity index (χ0n) is 5.77. The minimum absolute atomic E-state index is 0.740. The van der Waals surface area contributed by atoms with Gasteiger partial charge in [0.1, 0.15) is 6.54 Å². The maximum atomic E-state index is 12.0. The molecule has 0 saturated carbocycles. The summed E-state index contributed by atoms with van der Waals surface area (Å²) in [4.78, 5) is 2.74. The second-order valence-corrected chi connectivity index (χ2v) is 1.87. The molecule has 0 aliphatic carbocycles. The number of hydrogen-bond acceptors (Lipinski definition) is 2. The number of alkyl halides is 4. The predicted octanol–water partition coefficient (Wildman–Crippen LogP) is 0.180. The lowest BCUT2D eigenvalue weighted by Crippen LogP contribution is -2.34. The Hall–Kier alpha value is -1.05. The number of hydrogen-bond donors (Lipinski definition) is 3. The van der Waals surface area contributed by atoms with E-state index in [4.69, 9.17) is 10.9 Å². The van der Waals surface area contributed by atoms with Crippen LogP contribution in [0.5, 0.6) is 0 Å². The van der Waals surface area contributed by atoms with E-state index in [-0.39, 0.29) is 0 Å². The molecule has 4 N–H and O–H groups in total. The number of nitrogens with one attached hydrogen (secondary N) is 1. The van der Waals surface area contributed by atoms with Gasteiger partial charge in [0.2, 0.25) is 5.96 Å². The number of rotatable bonds is 3. The molecule has 4 nitrogen and oxygen atoms in total. The third kappa shape index (κ3) is 3.37. The fourth-order valence-electron chi connectivity index (χ4n) is 0.295. The Kier molecular flexibility index (Phi) is 3.74. The van der Waals surface area contributed by atoms with Gasteiger partial charge in [-0.15, -0.1) is 0 Å². The molecular formula is C4H7F4N3O. The summed E-state index contributed by atoms with van der Waals surface area (Å²) in [6.07, 6.45) is -3.80. The van der Waals surface area contributed by atoms with Crippen molar-refractivity contribution in [3.8, 4) is 0 Å². The van der Waals surface area contributed by atoms with Crippen LogP contribution in [0.4, 0.5) is 17.6 Å². The van der Waals surface area contributed by atoms with Gasteiger partial charge in [0, 0.05) is 0 Å². The van der Waals surface area contributed by atoms with Crippen LogP contribution in [0.2, 0.25) is 0 Å². The molecule has 0 saturated heterocycles. The van der Waals surface area contributed by atoms with E-state index in [1.165, 1.54) is 5.48 Å². The average Bonchev–Trinajstić information content (AvgIpc) is 2.00. The first-order valence-electron chi connectivity index (χ1n) is 2.76. The summed E-state index contributed by atoms with van der Waals surface area (Å²) >= 11 is 0. The molecule has 0 spiro atoms. The Labute approximate surface area is 65.0 Å². The van der Waals surface area contributed by atoms with Gasteiger partial charge in [-0.2, -0.15) is 8.78 Å². The SMILES string of the molecule is NC(=NCC(F)(F)C(F)F)NO. The van der Waals surface area contributed by atoms with Crippen molar-refractivity contribution in [3.05, 3.63) is 0 Å². The fourth-order valence-corrected chi connectivity index (χ4v) is 0.295. The molecule has 0 unspecified atom stereocenters. The summed E-state index contributed by atoms with van der Waals surface area (Å²) in [5, 5.41) is 7.93. The molecule has 0 bridgehead atoms. The number of halogens is 4. The molecule has 0 fully saturated rings. The monoisotopic (exact) mass is 189 g/mol. The van der Waals surface area contributed by atoms with E-state index in [0.717, 1.165) is 0 Å². The minimum Gasteiger partial charge on any atom is -0.368 e. The number of hydroxylamine groups is 1. The molecule has 0 heterocycles. The molecule has 0 rings (SSSR count). The van der Waals surface area contributed by atoms with Gasteiger partial charge in [-0.3, -0.25) is 5.21 Å². The van der Waals surface area contributed by atoms with Crippen molar-refractivity contribution >= 4 is 5.96 Å². The van der Waals surface area contributed by atoms with Gasteiger partial charge in [0.15, 0.2) is 0 Å². The highest BCUT2D eigenvalue weighted by Gasteiger charge is 2.40. The lowest BCUT2D eigenvalue weighted by molar-refractivity contribution is -0.120. The van der Waals surface area contributed by atoms with Crippen molar-refractivity contribution in [2.45, 2.75) is 12.3 Å². The number of guanidine groups is 1. The van der Waals surface area contributed by atoms with E-state index in [1.54, 1.807) is 0 Å². The second kappa shape index (κ2) is 4.10. The van der Waals surface area contributed by atoms with Gasteiger partial charge in [-0.25, -0.2) is 19.3 Å². The molecule has 0 aliphatic heterocycles. The normalized spacial score (nSPS) is 13.7. The molecule has 0 atom stereocenters. The zero-order valence-corrected chi connectivity index (χ0v) is 5.77. The third-order valence-corrected chi connectivity index (χ3v) is 0.894. The summed E-state index contributed by atoms with van der Waals surface area (Å²) in [5.74, 6) is -4.96. The fraction of sp³-hybridized carbons (Fsp3) is 0.750. The molecule has 0 radical (unpaired) electrons. The topological polar surface area (TPSA) is 70.6 Å². The third-order valence-electron chi connectivity index (χ3n) is 0.894. The summed E-state index contributed by atoms with van der Waals surface area (Å²) in [6, 6.07) is 0. The van der Waals surface area contributed by atoms with Crippen LogP contribution in [0.1, 0.15) is 0 Å². The Morgan fingerprint density at radius 3 is 2.42 bits per heavy atom. The van der Waals surface area contributed by atoms with Crippen LogP contribution in [-0.2, 0) is 0 Å². The molecule has 0 amide bonds. The molecule has 0 aromatic carbocycles. The van der Waals surface area contributed by atoms with Crippen LogP contribution in [-0.4, -0.2) is 30.1 Å². The largest absolute Gasteiger partial charge is 0.368 e. The summed E-state index contributed by atoms with van der Waals surface area (Å²) in [5.41, 5.74) is 5.92. The number of nitrogens with two attached hydrogens (primary N) is 1. The highest BCUT2D eigenvalue weighted by atomic mass is 19.3. The van der Waals surface area contributed by atoms with Crippen molar-refractivity contribution < 1.29 is 22.8 Å². The molecule has 0 aromatic rings. The average molecular weight is 189 g/mol. The Morgan fingerprint density at radius 1 is 1.58 bits per heavy atom. The highest BCUT2D eigenvalue weighted by molar-refractivity contribution is 5.76. The van der Waals surface area contributed by atoms with Crippen LogP contribution in [0.15, 0.2) is 4.99 Å². The lowest BCUT2D eigenvalue weighted by atomic mass is 10.3. The summed E-state index contributed by atoms with van der Waals surface area (Å²) < 4.78 is 46.9. The van der Waals surface area contributed by atoms with Crippen molar-refractivity contribution in [3.63, 3.8) is 0 Å². The van der Waals surface area contributed by atoms with Crippen molar-refractivity contribution in [2.24, 2.45) is 10.7 Å². The van der Waals surface area contributed by atoms with Gasteiger partial charge in [0.05, 0.1) is 0 Å². The highest BCUT2D eigenvalue weighted by Crippen LogP contribution is 2.22. The van der Waals surface area contributed by atoms with E-state index < -0.39 is 24.9 Å². The van der Waals surface area contributed by atoms with Gasteiger partial charge in [0.25, 0.3) is 0 Å². The van der Waals surface area contributed by atoms with E-state index >= 15 is 0 Å². The lowest BCUT2D eigenvalue weighted by Gasteiger charge is -2.11. The van der Waals surface area contributed by atoms with Crippen LogP contribution >= 0.6 is 0 Å². The first kappa shape index (κ1) is 11.0. The first-order chi connectivity index (χ1) is 5.40. The zero-order chi connectivity index (χ0) is 9.78. The number of aliphatic imine (C=N–C) groups is 1. The van der Waals surface area contributed by atoms with Crippen molar-refractivity contribution in [1.82, 2.24) is 5.48 Å². The predicted molar refractivity (Wildman–Crippen MR) is 32.4 cm³/mol. The second-order valence-electron chi connectivity index (χ2n) is 1.87. The molecular weight excluding hydrogens is 182 g/mol. The van der Waals surface area contributed by atoms with Gasteiger partial charge in [-0.05, 0) is 0 Å². The van der Waals surface area contributed by atoms with Gasteiger partial charge < -0.3 is 5.73 Å². The smallest absolute Gasteiger partial charge is 0.326 e. The van der Waals surface area contributed by atoms with Crippen LogP contribution in [0.25, 0.3) is 0 Å². The number of nitrogens with zero attached hydrogens (tertiary/aromatic N) is 1. The van der Waals surface area contributed by atoms with Crippen molar-refractivity contribution in [2.75, 3.05) is 6.54 Å². The minimum atomic E-state index is -4.22. The first-order valence-corrected chi connectivity index (χ1v) is 2.76. The Bertz CT molecular complexity index is 172. The maximum absolute atomic E-state index is 12.0. The van der Waals surface area contributed by atoms with E-state index in [0.29, 0.717) is 0 Å². The van der Waals surface area contributed by atoms with Crippen LogP contribution < -0.4 is 11.2 Å². The summed E-state index contributed by atoms with van der Waals surface area (Å²) in [7, 11) is 0. The molecule has 0 aromatic heterocycles. The molecule has 0 aliphatic rings. The Morgan fingerprint density at radius 2 is 2.08 bits per heavy atom. The Balaban J connectivity index is 4.08. The van der Waals surface area contributed by atoms with Gasteiger partial charge >= 0.3 is 12.3 Å². The standard InChI is InChI=1S/C4H7F4N3O/c5-2(6)4(7,8)1-10-3(9)11-12/h2,12H,1H2,(H3,9,10,11). The van der Waals surface area contributed by atoms with E-state index in [2.05, 4.69) is 4.99 Å². The molecule has 72 valence electrons. The van der Waals surface area contributed by atoms with Crippen LogP contribution in [0.3, 0.4) is 0 Å². The molecule has 12 heavy (non-hydrogen) atoms. The van der Waals surface area contributed by atoms with Gasteiger partial charge in [-0.1, -0.05) is 0 Å². The van der Waals surface area contributed by atoms with Crippen LogP contribution in [0, 0.1) is 0 Å². The quantitative estimate of drug-likeness (QED) is 0.256. The maximum Gasteiger partial charge on any atom is 0.326 e. The summed E-state index contributed by atoms with van der Waals surface area (Å²) in [6.45, 7) is -1.47. The molecule has 8 heteroatoms. The van der Waals surface area contributed by atoms with Crippen molar-refractivity contribution in [1.29, 1.82) is 0 Å².